The van der Waals surface area contributed by atoms with Crippen molar-refractivity contribution in [3.63, 3.8) is 0 Å². The molecule has 2 heterocycles. The van der Waals surface area contributed by atoms with Crippen molar-refractivity contribution in [3.8, 4) is 0 Å². The Hall–Kier alpha value is -2.85. The Bertz CT molecular complexity index is 1130. The fourth-order valence-electron chi connectivity index (χ4n) is 4.62. The highest BCUT2D eigenvalue weighted by Gasteiger charge is 2.40. The van der Waals surface area contributed by atoms with Crippen molar-refractivity contribution in [2.24, 2.45) is 13.0 Å². The Balaban J connectivity index is 1.65. The van der Waals surface area contributed by atoms with Crippen LogP contribution in [0.2, 0.25) is 0 Å². The maximum atomic E-state index is 13.4. The molecule has 3 aromatic rings. The van der Waals surface area contributed by atoms with Crippen molar-refractivity contribution in [2.45, 2.75) is 50.4 Å². The van der Waals surface area contributed by atoms with Crippen LogP contribution >= 0.6 is 0 Å². The van der Waals surface area contributed by atoms with Crippen LogP contribution < -0.4 is 0 Å². The molecule has 194 valence electrons. The minimum Gasteiger partial charge on any atom is -0.352 e. The number of imidazole rings is 1. The first-order valence-corrected chi connectivity index (χ1v) is 11.5. The summed E-state index contributed by atoms with van der Waals surface area (Å²) in [4.78, 5) is 4.41. The zero-order chi connectivity index (χ0) is 26.1. The molecule has 2 aromatic carbocycles. The van der Waals surface area contributed by atoms with Gasteiger partial charge in [0.1, 0.15) is 5.82 Å². The summed E-state index contributed by atoms with van der Waals surface area (Å²) in [5.74, 6) is 0.598. The first-order chi connectivity index (χ1) is 16.9. The van der Waals surface area contributed by atoms with Crippen molar-refractivity contribution < 1.29 is 35.8 Å². The highest BCUT2D eigenvalue weighted by Crippen LogP contribution is 2.42. The van der Waals surface area contributed by atoms with E-state index in [4.69, 9.17) is 9.47 Å². The third-order valence-electron chi connectivity index (χ3n) is 6.54. The first-order valence-electron chi connectivity index (χ1n) is 11.5. The molecule has 36 heavy (non-hydrogen) atoms. The van der Waals surface area contributed by atoms with Gasteiger partial charge >= 0.3 is 12.4 Å². The van der Waals surface area contributed by atoms with E-state index in [0.29, 0.717) is 31.6 Å². The highest BCUT2D eigenvalue weighted by atomic mass is 19.4. The Morgan fingerprint density at radius 1 is 1.03 bits per heavy atom. The van der Waals surface area contributed by atoms with Crippen molar-refractivity contribution in [1.82, 2.24) is 9.55 Å². The second-order valence-electron chi connectivity index (χ2n) is 9.00. The number of aryl methyl sites for hydroxylation is 1. The van der Waals surface area contributed by atoms with E-state index in [2.05, 4.69) is 4.98 Å². The van der Waals surface area contributed by atoms with E-state index in [9.17, 15) is 26.3 Å². The Labute approximate surface area is 204 Å². The van der Waals surface area contributed by atoms with Crippen molar-refractivity contribution >= 4 is 0 Å². The number of halogens is 6. The minimum atomic E-state index is -4.93. The van der Waals surface area contributed by atoms with Crippen molar-refractivity contribution in [3.05, 3.63) is 89.0 Å². The van der Waals surface area contributed by atoms with E-state index >= 15 is 0 Å². The van der Waals surface area contributed by atoms with Crippen LogP contribution in [0.3, 0.4) is 0 Å². The first kappa shape index (κ1) is 26.2. The second-order valence-corrected chi connectivity index (χ2v) is 9.00. The predicted molar refractivity (Wildman–Crippen MR) is 120 cm³/mol. The smallest absolute Gasteiger partial charge is 0.352 e. The van der Waals surface area contributed by atoms with Crippen molar-refractivity contribution in [1.29, 1.82) is 0 Å². The molecule has 1 unspecified atom stereocenters. The number of benzene rings is 2. The van der Waals surface area contributed by atoms with E-state index in [0.717, 1.165) is 11.4 Å². The summed E-state index contributed by atoms with van der Waals surface area (Å²) in [5, 5.41) is 0. The van der Waals surface area contributed by atoms with Crippen LogP contribution in [0.4, 0.5) is 26.3 Å². The van der Waals surface area contributed by atoms with E-state index < -0.39 is 35.9 Å². The maximum absolute atomic E-state index is 13.4. The van der Waals surface area contributed by atoms with Gasteiger partial charge in [-0.15, -0.1) is 0 Å². The van der Waals surface area contributed by atoms with Crippen LogP contribution in [0.25, 0.3) is 0 Å². The third kappa shape index (κ3) is 5.92. The van der Waals surface area contributed by atoms with Gasteiger partial charge in [0.25, 0.3) is 0 Å². The van der Waals surface area contributed by atoms with Gasteiger partial charge in [-0.2, -0.15) is 26.3 Å². The number of hydrogen-bond acceptors (Lipinski definition) is 3. The quantitative estimate of drug-likeness (QED) is 0.336. The third-order valence-corrected chi connectivity index (χ3v) is 6.54. The summed E-state index contributed by atoms with van der Waals surface area (Å²) in [6.07, 6.45) is -6.97. The molecule has 1 aromatic heterocycles. The minimum absolute atomic E-state index is 0.0340. The molecule has 0 bridgehead atoms. The average molecular weight is 512 g/mol. The lowest BCUT2D eigenvalue weighted by Gasteiger charge is -2.39. The molecule has 0 aliphatic carbocycles. The molecule has 1 aliphatic heterocycles. The molecule has 1 fully saturated rings. The van der Waals surface area contributed by atoms with Crippen molar-refractivity contribution in [2.75, 3.05) is 6.61 Å². The Kier molecular flexibility index (Phi) is 7.47. The number of aromatic nitrogens is 2. The number of nitrogens with zero attached hydrogens (tertiary/aromatic N) is 2. The molecule has 4 atom stereocenters. The molecular weight excluding hydrogens is 486 g/mol. The van der Waals surface area contributed by atoms with Gasteiger partial charge in [0.05, 0.1) is 23.8 Å². The van der Waals surface area contributed by atoms with Crippen LogP contribution in [0.15, 0.2) is 60.9 Å². The number of hydrogen-bond donors (Lipinski definition) is 0. The lowest BCUT2D eigenvalue weighted by molar-refractivity contribution is -0.209. The molecule has 10 heteroatoms. The predicted octanol–water partition coefficient (Wildman–Crippen LogP) is 6.92. The number of ether oxygens (including phenoxy) is 2. The van der Waals surface area contributed by atoms with Gasteiger partial charge in [-0.25, -0.2) is 4.98 Å². The lowest BCUT2D eigenvalue weighted by atomic mass is 9.79. The summed E-state index contributed by atoms with van der Waals surface area (Å²) < 4.78 is 94.1. The zero-order valence-corrected chi connectivity index (χ0v) is 19.7. The molecule has 0 spiro atoms. The van der Waals surface area contributed by atoms with Gasteiger partial charge in [-0.05, 0) is 48.6 Å². The molecule has 1 aliphatic rings. The average Bonchev–Trinajstić information content (AvgIpc) is 3.22. The summed E-state index contributed by atoms with van der Waals surface area (Å²) in [5.41, 5.74) is -2.06. The molecular formula is C26H26F6N2O2. The Morgan fingerprint density at radius 3 is 2.22 bits per heavy atom. The fraction of sp³-hybridized carbons (Fsp3) is 0.423. The van der Waals surface area contributed by atoms with Crippen LogP contribution in [-0.2, 0) is 35.3 Å². The monoisotopic (exact) mass is 512 g/mol. The lowest BCUT2D eigenvalue weighted by Crippen LogP contribution is -2.38. The molecule has 1 saturated heterocycles. The normalized spacial score (nSPS) is 21.9. The number of alkyl halides is 6. The topological polar surface area (TPSA) is 36.3 Å². The van der Waals surface area contributed by atoms with E-state index in [1.165, 1.54) is 6.92 Å². The molecule has 4 rings (SSSR count). The summed E-state index contributed by atoms with van der Waals surface area (Å²) in [6.45, 7) is 1.77. The second kappa shape index (κ2) is 10.3. The molecule has 0 saturated carbocycles. The molecule has 0 amide bonds. The summed E-state index contributed by atoms with van der Waals surface area (Å²) >= 11 is 0. The molecule has 0 radical (unpaired) electrons. The highest BCUT2D eigenvalue weighted by molar-refractivity contribution is 5.35. The van der Waals surface area contributed by atoms with E-state index in [-0.39, 0.29) is 23.5 Å². The largest absolute Gasteiger partial charge is 0.416 e. The maximum Gasteiger partial charge on any atom is 0.416 e. The van der Waals surface area contributed by atoms with Gasteiger partial charge in [0.15, 0.2) is 6.29 Å². The summed E-state index contributed by atoms with van der Waals surface area (Å²) in [7, 11) is 1.89. The van der Waals surface area contributed by atoms with Gasteiger partial charge < -0.3 is 14.0 Å². The number of rotatable bonds is 6. The SMILES string of the molecule is CC(O[C@H]1OCC[C@@H](Cc2nccn2C)[C@@H]1c1ccccc1)c1cc(C(F)(F)F)cc(C(F)(F)F)c1. The summed E-state index contributed by atoms with van der Waals surface area (Å²) in [6, 6.07) is 10.9. The van der Waals surface area contributed by atoms with Crippen LogP contribution in [0.5, 0.6) is 0 Å². The van der Waals surface area contributed by atoms with Gasteiger partial charge in [0, 0.05) is 31.8 Å². The zero-order valence-electron chi connectivity index (χ0n) is 19.7. The Morgan fingerprint density at radius 2 is 1.67 bits per heavy atom. The van der Waals surface area contributed by atoms with Gasteiger partial charge in [0.2, 0.25) is 0 Å². The van der Waals surface area contributed by atoms with Crippen LogP contribution in [0, 0.1) is 5.92 Å². The van der Waals surface area contributed by atoms with E-state index in [1.54, 1.807) is 6.20 Å². The fourth-order valence-corrected chi connectivity index (χ4v) is 4.62. The van der Waals surface area contributed by atoms with E-state index in [1.807, 2.05) is 48.1 Å². The van der Waals surface area contributed by atoms with Gasteiger partial charge in [-0.3, -0.25) is 0 Å². The molecule has 0 N–H and O–H groups in total. The molecule has 4 nitrogen and oxygen atoms in total. The van der Waals surface area contributed by atoms with Crippen LogP contribution in [-0.4, -0.2) is 22.4 Å². The van der Waals surface area contributed by atoms with Gasteiger partial charge in [-0.1, -0.05) is 30.3 Å². The standard InChI is InChI=1S/C26H26F6N2O2/c1-16(19-12-20(25(27,28)29)15-21(13-19)26(30,31)32)36-24-23(17-6-4-3-5-7-17)18(8-11-35-24)14-22-33-9-10-34(22)2/h3-7,9-10,12-13,15-16,18,23-24H,8,11,14H2,1-2H3/t16?,18-,23-,24+/m0/s1. The van der Waals surface area contributed by atoms with Crippen LogP contribution in [0.1, 0.15) is 53.4 Å².